The lowest BCUT2D eigenvalue weighted by atomic mass is 10.2. The maximum Gasteiger partial charge on any atom is 0.397 e. The van der Waals surface area contributed by atoms with E-state index in [0.717, 1.165) is 0 Å². The summed E-state index contributed by atoms with van der Waals surface area (Å²) in [5.41, 5.74) is 0. The van der Waals surface area contributed by atoms with Gasteiger partial charge in [-0.25, -0.2) is 0 Å². The fourth-order valence-corrected chi connectivity index (χ4v) is 0.972. The summed E-state index contributed by atoms with van der Waals surface area (Å²) >= 11 is 0.369. The van der Waals surface area contributed by atoms with Crippen molar-refractivity contribution in [1.82, 2.24) is 0 Å². The van der Waals surface area contributed by atoms with Crippen LogP contribution in [0.1, 0.15) is 13.8 Å². The summed E-state index contributed by atoms with van der Waals surface area (Å²) in [5, 5.41) is 8.45. The molecule has 0 radical (unpaired) electrons. The van der Waals surface area contributed by atoms with E-state index in [4.69, 9.17) is 5.11 Å². The molecule has 0 aromatic rings. The molecule has 72 valence electrons. The maximum atomic E-state index is 11.6. The van der Waals surface area contributed by atoms with Gasteiger partial charge in [0.05, 0.1) is 5.75 Å². The summed E-state index contributed by atoms with van der Waals surface area (Å²) < 4.78 is 33.5. The van der Waals surface area contributed by atoms with E-state index in [1.54, 1.807) is 0 Å². The summed E-state index contributed by atoms with van der Waals surface area (Å²) in [7, 11) is 0. The quantitative estimate of drug-likeness (QED) is 0.761. The van der Waals surface area contributed by atoms with Crippen LogP contribution in [0, 0.1) is 0 Å². The Hall–Kier alpha value is -0.390. The molecule has 0 aliphatic heterocycles. The number of carboxylic acid groups (broad SMARTS) is 1. The fourth-order valence-electron chi connectivity index (χ4n) is 0.324. The van der Waals surface area contributed by atoms with Gasteiger partial charge >= 0.3 is 12.1 Å². The van der Waals surface area contributed by atoms with Gasteiger partial charge in [0, 0.05) is 0 Å². The van der Waals surface area contributed by atoms with Crippen molar-refractivity contribution in [1.29, 1.82) is 0 Å². The number of alkyl halides is 3. The van der Waals surface area contributed by atoms with Crippen molar-refractivity contribution >= 4 is 17.7 Å². The van der Waals surface area contributed by atoms with Crippen molar-refractivity contribution in [2.24, 2.45) is 0 Å². The zero-order valence-electron chi connectivity index (χ0n) is 6.60. The van der Waals surface area contributed by atoms with Crippen molar-refractivity contribution in [2.75, 3.05) is 5.75 Å². The number of hydrogen-bond acceptors (Lipinski definition) is 2. The minimum atomic E-state index is -4.31. The molecule has 0 atom stereocenters. The van der Waals surface area contributed by atoms with Crippen LogP contribution in [0.5, 0.6) is 0 Å². The molecule has 0 rings (SSSR count). The van der Waals surface area contributed by atoms with Crippen molar-refractivity contribution < 1.29 is 23.1 Å². The summed E-state index contributed by atoms with van der Waals surface area (Å²) in [6.07, 6.45) is -4.31. The average Bonchev–Trinajstić information content (AvgIpc) is 1.82. The van der Waals surface area contributed by atoms with Crippen molar-refractivity contribution in [3.05, 3.63) is 0 Å². The first kappa shape index (κ1) is 11.6. The van der Waals surface area contributed by atoms with Gasteiger partial charge in [-0.2, -0.15) is 13.2 Å². The van der Waals surface area contributed by atoms with Crippen LogP contribution in [-0.4, -0.2) is 27.8 Å². The number of carbonyl (C=O) groups is 1. The van der Waals surface area contributed by atoms with Crippen molar-refractivity contribution in [3.8, 4) is 0 Å². The van der Waals surface area contributed by atoms with Gasteiger partial charge in [-0.05, 0) is 13.8 Å². The predicted molar refractivity (Wildman–Crippen MR) is 40.2 cm³/mol. The molecule has 12 heavy (non-hydrogen) atoms. The molecule has 0 aliphatic carbocycles. The molecular weight excluding hydrogens is 193 g/mol. The Morgan fingerprint density at radius 3 is 2.08 bits per heavy atom. The molecule has 6 heteroatoms. The lowest BCUT2D eigenvalue weighted by molar-refractivity contribution is -0.138. The molecule has 0 amide bonds. The van der Waals surface area contributed by atoms with E-state index in [-0.39, 0.29) is 0 Å². The van der Waals surface area contributed by atoms with Gasteiger partial charge in [-0.15, -0.1) is 11.8 Å². The Bertz CT molecular complexity index is 176. The van der Waals surface area contributed by atoms with Gasteiger partial charge < -0.3 is 5.11 Å². The third-order valence-corrected chi connectivity index (χ3v) is 2.48. The second-order valence-corrected chi connectivity index (χ2v) is 4.32. The number of thioether (sulfide) groups is 1. The van der Waals surface area contributed by atoms with Crippen LogP contribution in [0.2, 0.25) is 0 Å². The third-order valence-electron chi connectivity index (χ3n) is 1.11. The molecule has 0 aromatic heterocycles. The van der Waals surface area contributed by atoms with Gasteiger partial charge in [-0.3, -0.25) is 4.79 Å². The van der Waals surface area contributed by atoms with E-state index in [1.165, 1.54) is 13.8 Å². The van der Waals surface area contributed by atoms with Gasteiger partial charge in [0.25, 0.3) is 0 Å². The minimum absolute atomic E-state index is 0.369. The highest BCUT2D eigenvalue weighted by molar-refractivity contribution is 8.01. The Balaban J connectivity index is 4.01. The number of hydrogen-bond donors (Lipinski definition) is 1. The standard InChI is InChI=1S/C6H9F3O2S/c1-5(2,4(10)11)12-3-6(7,8)9/h3H2,1-2H3,(H,10,11). The van der Waals surface area contributed by atoms with Gasteiger partial charge in [0.1, 0.15) is 4.75 Å². The molecule has 0 saturated carbocycles. The van der Waals surface area contributed by atoms with E-state index in [0.29, 0.717) is 11.8 Å². The Morgan fingerprint density at radius 1 is 1.42 bits per heavy atom. The molecule has 0 bridgehead atoms. The fraction of sp³-hybridized carbons (Fsp3) is 0.833. The van der Waals surface area contributed by atoms with Gasteiger partial charge in [-0.1, -0.05) is 0 Å². The molecule has 0 fully saturated rings. The summed E-state index contributed by atoms with van der Waals surface area (Å²) in [6, 6.07) is 0. The van der Waals surface area contributed by atoms with E-state index in [2.05, 4.69) is 0 Å². The van der Waals surface area contributed by atoms with Gasteiger partial charge in [0.15, 0.2) is 0 Å². The number of rotatable bonds is 3. The van der Waals surface area contributed by atoms with E-state index < -0.39 is 22.6 Å². The first-order valence-corrected chi connectivity index (χ1v) is 4.08. The molecule has 0 unspecified atom stereocenters. The topological polar surface area (TPSA) is 37.3 Å². The third kappa shape index (κ3) is 4.48. The second-order valence-electron chi connectivity index (χ2n) is 2.72. The smallest absolute Gasteiger partial charge is 0.397 e. The zero-order valence-corrected chi connectivity index (χ0v) is 7.42. The van der Waals surface area contributed by atoms with Crippen molar-refractivity contribution in [3.63, 3.8) is 0 Å². The molecule has 0 spiro atoms. The molecule has 1 N–H and O–H groups in total. The Kier molecular flexibility index (Phi) is 3.44. The van der Waals surface area contributed by atoms with Crippen LogP contribution in [-0.2, 0) is 4.79 Å². The van der Waals surface area contributed by atoms with Crippen LogP contribution in [0.4, 0.5) is 13.2 Å². The van der Waals surface area contributed by atoms with E-state index >= 15 is 0 Å². The van der Waals surface area contributed by atoms with Crippen LogP contribution in [0.15, 0.2) is 0 Å². The molecule has 0 saturated heterocycles. The zero-order chi connectivity index (χ0) is 9.99. The lowest BCUT2D eigenvalue weighted by Gasteiger charge is -2.18. The lowest BCUT2D eigenvalue weighted by Crippen LogP contribution is -2.30. The summed E-state index contributed by atoms with van der Waals surface area (Å²) in [5.74, 6) is -2.37. The highest BCUT2D eigenvalue weighted by Crippen LogP contribution is 2.30. The molecule has 2 nitrogen and oxygen atoms in total. The first-order valence-electron chi connectivity index (χ1n) is 3.09. The van der Waals surface area contributed by atoms with Crippen LogP contribution in [0.3, 0.4) is 0 Å². The Morgan fingerprint density at radius 2 is 1.83 bits per heavy atom. The number of halogens is 3. The largest absolute Gasteiger partial charge is 0.480 e. The summed E-state index contributed by atoms with van der Waals surface area (Å²) in [6.45, 7) is 2.48. The Labute approximate surface area is 72.1 Å². The van der Waals surface area contributed by atoms with Crippen LogP contribution in [0.25, 0.3) is 0 Å². The highest BCUT2D eigenvalue weighted by atomic mass is 32.2. The number of carboxylic acids is 1. The average molecular weight is 202 g/mol. The minimum Gasteiger partial charge on any atom is -0.480 e. The molecule has 0 aromatic carbocycles. The molecule has 0 aliphatic rings. The monoisotopic (exact) mass is 202 g/mol. The normalized spacial score (nSPS) is 13.1. The summed E-state index contributed by atoms with van der Waals surface area (Å²) in [4.78, 5) is 10.3. The number of aliphatic carboxylic acids is 1. The van der Waals surface area contributed by atoms with E-state index in [1.807, 2.05) is 0 Å². The van der Waals surface area contributed by atoms with Crippen LogP contribution >= 0.6 is 11.8 Å². The maximum absolute atomic E-state index is 11.6. The van der Waals surface area contributed by atoms with E-state index in [9.17, 15) is 18.0 Å². The first-order chi connectivity index (χ1) is 5.15. The second kappa shape index (κ2) is 3.55. The van der Waals surface area contributed by atoms with Crippen LogP contribution < -0.4 is 0 Å². The molecule has 0 heterocycles. The van der Waals surface area contributed by atoms with Gasteiger partial charge in [0.2, 0.25) is 0 Å². The SMILES string of the molecule is CC(C)(SCC(F)(F)F)C(=O)O. The van der Waals surface area contributed by atoms with Crippen molar-refractivity contribution in [2.45, 2.75) is 24.8 Å². The molecular formula is C6H9F3O2S. The predicted octanol–water partition coefficient (Wildman–Crippen LogP) is 2.15. The highest BCUT2D eigenvalue weighted by Gasteiger charge is 2.35.